The second kappa shape index (κ2) is 8.45. The quantitative estimate of drug-likeness (QED) is 0.505. The highest BCUT2D eigenvalue weighted by molar-refractivity contribution is 5.75. The fourth-order valence-corrected chi connectivity index (χ4v) is 5.33. The zero-order valence-electron chi connectivity index (χ0n) is 18.6. The van der Waals surface area contributed by atoms with Gasteiger partial charge < -0.3 is 14.6 Å². The van der Waals surface area contributed by atoms with Crippen LogP contribution in [0.1, 0.15) is 18.9 Å². The van der Waals surface area contributed by atoms with Crippen LogP contribution in [0.2, 0.25) is 0 Å². The minimum Gasteiger partial charge on any atom is -0.485 e. The number of aromatic amines is 1. The van der Waals surface area contributed by atoms with Gasteiger partial charge in [-0.3, -0.25) is 9.47 Å². The molecule has 0 saturated carbocycles. The highest BCUT2D eigenvalue weighted by atomic mass is 16.5. The van der Waals surface area contributed by atoms with Crippen molar-refractivity contribution in [2.45, 2.75) is 25.0 Å². The normalized spacial score (nSPS) is 19.4. The van der Waals surface area contributed by atoms with Gasteiger partial charge >= 0.3 is 5.69 Å². The zero-order chi connectivity index (χ0) is 22.2. The molecular weight excluding hydrogens is 412 g/mol. The molecule has 1 N–H and O–H groups in total. The van der Waals surface area contributed by atoms with Gasteiger partial charge in [0.1, 0.15) is 11.9 Å². The lowest BCUT2D eigenvalue weighted by molar-refractivity contribution is 0.105. The first-order valence-electron chi connectivity index (χ1n) is 11.8. The van der Waals surface area contributed by atoms with E-state index in [1.54, 1.807) is 0 Å². The lowest BCUT2D eigenvalue weighted by Crippen LogP contribution is -2.47. The van der Waals surface area contributed by atoms with Crippen LogP contribution in [0.3, 0.4) is 0 Å². The summed E-state index contributed by atoms with van der Waals surface area (Å²) in [5.74, 6) is 0.942. The molecule has 6 nitrogen and oxygen atoms in total. The maximum atomic E-state index is 12.6. The van der Waals surface area contributed by atoms with E-state index in [9.17, 15) is 4.79 Å². The maximum absolute atomic E-state index is 12.6. The minimum atomic E-state index is 0.000346. The number of benzene rings is 3. The number of piperidine rings is 1. The number of aromatic nitrogens is 2. The van der Waals surface area contributed by atoms with Crippen molar-refractivity contribution in [3.05, 3.63) is 89.3 Å². The average molecular weight is 441 g/mol. The number of imidazole rings is 1. The molecule has 6 heteroatoms. The molecule has 0 amide bonds. The van der Waals surface area contributed by atoms with Gasteiger partial charge in [-0.05, 0) is 49.2 Å². The van der Waals surface area contributed by atoms with Gasteiger partial charge in [0.05, 0.1) is 23.3 Å². The van der Waals surface area contributed by atoms with Gasteiger partial charge in [-0.15, -0.1) is 0 Å². The number of ether oxygens (including phenoxy) is 1. The Morgan fingerprint density at radius 2 is 1.61 bits per heavy atom. The van der Waals surface area contributed by atoms with Gasteiger partial charge in [0.15, 0.2) is 0 Å². The topological polar surface area (TPSA) is 53.5 Å². The first-order chi connectivity index (χ1) is 16.3. The molecule has 1 atom stereocenters. The molecule has 0 bridgehead atoms. The molecule has 0 aliphatic carbocycles. The van der Waals surface area contributed by atoms with E-state index in [4.69, 9.17) is 4.74 Å². The number of nitrogens with zero attached hydrogens (tertiary/aromatic N) is 3. The largest absolute Gasteiger partial charge is 0.485 e. The van der Waals surface area contributed by atoms with Gasteiger partial charge in [-0.1, -0.05) is 42.5 Å². The minimum absolute atomic E-state index is 0.000346. The molecule has 1 unspecified atom stereocenters. The average Bonchev–Trinajstić information content (AvgIpc) is 3.20. The maximum Gasteiger partial charge on any atom is 0.326 e. The summed E-state index contributed by atoms with van der Waals surface area (Å²) in [6.45, 7) is 3.63. The Hall–Kier alpha value is -3.51. The number of hydrogen-bond donors (Lipinski definition) is 1. The molecule has 6 rings (SSSR count). The molecule has 1 aromatic heterocycles. The standard InChI is InChI=1S/C27H28N4O2/c32-27-28-23-10-4-5-11-24(23)31(27)21-14-16-29(17-15-21)18-22-19-30(20-8-2-1-3-9-20)25-12-6-7-13-26(25)33-22/h1-13,21-22H,14-19H2,(H,28,32). The number of anilines is 2. The second-order valence-electron chi connectivity index (χ2n) is 9.00. The van der Waals surface area contributed by atoms with Crippen LogP contribution >= 0.6 is 0 Å². The van der Waals surface area contributed by atoms with E-state index in [-0.39, 0.29) is 17.8 Å². The Morgan fingerprint density at radius 3 is 2.45 bits per heavy atom. The van der Waals surface area contributed by atoms with Crippen LogP contribution in [0.25, 0.3) is 11.0 Å². The summed E-state index contributed by atoms with van der Waals surface area (Å²) >= 11 is 0. The molecule has 3 aromatic carbocycles. The van der Waals surface area contributed by atoms with E-state index >= 15 is 0 Å². The fraction of sp³-hybridized carbons (Fsp3) is 0.296. The van der Waals surface area contributed by atoms with Crippen molar-refractivity contribution in [1.82, 2.24) is 14.5 Å². The van der Waals surface area contributed by atoms with Gasteiger partial charge in [0.25, 0.3) is 0 Å². The van der Waals surface area contributed by atoms with Crippen LogP contribution in [-0.4, -0.2) is 46.7 Å². The van der Waals surface area contributed by atoms with Gasteiger partial charge in [0, 0.05) is 31.4 Å². The van der Waals surface area contributed by atoms with Crippen LogP contribution in [0.4, 0.5) is 11.4 Å². The summed E-state index contributed by atoms with van der Waals surface area (Å²) in [4.78, 5) is 20.4. The predicted octanol–water partition coefficient (Wildman–Crippen LogP) is 4.57. The lowest BCUT2D eigenvalue weighted by Gasteiger charge is -2.40. The Labute approximate surface area is 193 Å². The molecule has 3 heterocycles. The van der Waals surface area contributed by atoms with Crippen molar-refractivity contribution < 1.29 is 4.74 Å². The summed E-state index contributed by atoms with van der Waals surface area (Å²) in [6, 6.07) is 27.0. The Bertz CT molecular complexity index is 1300. The van der Waals surface area contributed by atoms with E-state index in [0.29, 0.717) is 0 Å². The molecule has 2 aliphatic heterocycles. The van der Waals surface area contributed by atoms with Crippen LogP contribution in [-0.2, 0) is 0 Å². The van der Waals surface area contributed by atoms with Gasteiger partial charge in [-0.2, -0.15) is 0 Å². The fourth-order valence-electron chi connectivity index (χ4n) is 5.33. The first kappa shape index (κ1) is 20.1. The molecule has 4 aromatic rings. The monoisotopic (exact) mass is 440 g/mol. The summed E-state index contributed by atoms with van der Waals surface area (Å²) in [7, 11) is 0. The van der Waals surface area contributed by atoms with E-state index < -0.39 is 0 Å². The summed E-state index contributed by atoms with van der Waals surface area (Å²) < 4.78 is 8.37. The molecule has 1 fully saturated rings. The second-order valence-corrected chi connectivity index (χ2v) is 9.00. The van der Waals surface area contributed by atoms with Crippen LogP contribution in [0.15, 0.2) is 83.7 Å². The summed E-state index contributed by atoms with van der Waals surface area (Å²) in [5, 5.41) is 0. The van der Waals surface area contributed by atoms with Crippen molar-refractivity contribution in [2.75, 3.05) is 31.1 Å². The number of hydrogen-bond acceptors (Lipinski definition) is 4. The first-order valence-corrected chi connectivity index (χ1v) is 11.8. The molecule has 33 heavy (non-hydrogen) atoms. The number of likely N-dealkylation sites (tertiary alicyclic amines) is 1. The molecule has 168 valence electrons. The SMILES string of the molecule is O=c1[nH]c2ccccc2n1C1CCN(CC2CN(c3ccccc3)c3ccccc3O2)CC1. The van der Waals surface area contributed by atoms with E-state index in [2.05, 4.69) is 63.3 Å². The van der Waals surface area contributed by atoms with E-state index in [1.165, 1.54) is 5.69 Å². The molecule has 0 spiro atoms. The van der Waals surface area contributed by atoms with Crippen LogP contribution < -0.4 is 15.3 Å². The van der Waals surface area contributed by atoms with Gasteiger partial charge in [0.2, 0.25) is 0 Å². The lowest BCUT2D eigenvalue weighted by atomic mass is 10.0. The molecule has 0 radical (unpaired) electrons. The molecular formula is C27H28N4O2. The van der Waals surface area contributed by atoms with E-state index in [0.717, 1.165) is 61.5 Å². The summed E-state index contributed by atoms with van der Waals surface area (Å²) in [6.07, 6.45) is 2.02. The van der Waals surface area contributed by atoms with Crippen molar-refractivity contribution in [3.63, 3.8) is 0 Å². The van der Waals surface area contributed by atoms with Crippen molar-refractivity contribution in [3.8, 4) is 5.75 Å². The third-order valence-electron chi connectivity index (χ3n) is 6.91. The van der Waals surface area contributed by atoms with Crippen molar-refractivity contribution in [1.29, 1.82) is 0 Å². The third kappa shape index (κ3) is 3.80. The Kier molecular flexibility index (Phi) is 5.15. The van der Waals surface area contributed by atoms with Crippen LogP contribution in [0, 0.1) is 0 Å². The van der Waals surface area contributed by atoms with Crippen LogP contribution in [0.5, 0.6) is 5.75 Å². The van der Waals surface area contributed by atoms with Crippen molar-refractivity contribution >= 4 is 22.4 Å². The number of H-pyrrole nitrogens is 1. The smallest absolute Gasteiger partial charge is 0.326 e. The third-order valence-corrected chi connectivity index (χ3v) is 6.91. The summed E-state index contributed by atoms with van der Waals surface area (Å²) in [5.41, 5.74) is 4.24. The predicted molar refractivity (Wildman–Crippen MR) is 132 cm³/mol. The highest BCUT2D eigenvalue weighted by Gasteiger charge is 2.30. The number of fused-ring (bicyclic) bond motifs is 2. The number of rotatable bonds is 4. The molecule has 1 saturated heterocycles. The molecule has 2 aliphatic rings. The van der Waals surface area contributed by atoms with Gasteiger partial charge in [-0.25, -0.2) is 4.79 Å². The zero-order valence-corrected chi connectivity index (χ0v) is 18.6. The highest BCUT2D eigenvalue weighted by Crippen LogP contribution is 2.38. The van der Waals surface area contributed by atoms with Crippen molar-refractivity contribution in [2.24, 2.45) is 0 Å². The van der Waals surface area contributed by atoms with E-state index in [1.807, 2.05) is 34.9 Å². The Morgan fingerprint density at radius 1 is 0.879 bits per heavy atom. The number of nitrogens with one attached hydrogen (secondary N) is 1. The number of para-hydroxylation sites is 5. The Balaban J connectivity index is 1.16.